The SMILES string of the molecule is Cc1nc2ccc(N)cc2c(Nc2ccc(F)c(Cl)c2)c1C#N. The highest BCUT2D eigenvalue weighted by Gasteiger charge is 2.14. The van der Waals surface area contributed by atoms with Crippen molar-refractivity contribution in [3.63, 3.8) is 0 Å². The summed E-state index contributed by atoms with van der Waals surface area (Å²) in [5.74, 6) is -0.502. The number of nitriles is 1. The minimum atomic E-state index is -0.502. The monoisotopic (exact) mass is 326 g/mol. The fourth-order valence-corrected chi connectivity index (χ4v) is 2.57. The van der Waals surface area contributed by atoms with Crippen LogP contribution in [0.5, 0.6) is 0 Å². The van der Waals surface area contributed by atoms with Crippen LogP contribution in [0.4, 0.5) is 21.5 Å². The molecule has 4 nitrogen and oxygen atoms in total. The van der Waals surface area contributed by atoms with Crippen LogP contribution in [0, 0.1) is 24.1 Å². The Balaban J connectivity index is 2.23. The highest BCUT2D eigenvalue weighted by molar-refractivity contribution is 6.31. The molecule has 0 radical (unpaired) electrons. The van der Waals surface area contributed by atoms with Gasteiger partial charge in [-0.15, -0.1) is 0 Å². The minimum absolute atomic E-state index is 0.00288. The van der Waals surface area contributed by atoms with Crippen LogP contribution >= 0.6 is 11.6 Å². The Morgan fingerprint density at radius 2 is 2.04 bits per heavy atom. The van der Waals surface area contributed by atoms with E-state index < -0.39 is 5.82 Å². The van der Waals surface area contributed by atoms with Gasteiger partial charge in [0.25, 0.3) is 0 Å². The summed E-state index contributed by atoms with van der Waals surface area (Å²) in [6.45, 7) is 1.76. The minimum Gasteiger partial charge on any atom is -0.399 e. The van der Waals surface area contributed by atoms with E-state index >= 15 is 0 Å². The van der Waals surface area contributed by atoms with E-state index in [0.29, 0.717) is 39.2 Å². The zero-order valence-electron chi connectivity index (χ0n) is 12.2. The molecule has 0 unspecified atom stereocenters. The fourth-order valence-electron chi connectivity index (χ4n) is 2.39. The lowest BCUT2D eigenvalue weighted by molar-refractivity contribution is 0.628. The molecule has 0 atom stereocenters. The Hall–Kier alpha value is -2.84. The van der Waals surface area contributed by atoms with Crippen molar-refractivity contribution in [1.29, 1.82) is 5.26 Å². The van der Waals surface area contributed by atoms with Gasteiger partial charge in [-0.25, -0.2) is 4.39 Å². The summed E-state index contributed by atoms with van der Waals surface area (Å²) < 4.78 is 13.3. The van der Waals surface area contributed by atoms with E-state index in [1.807, 2.05) is 0 Å². The van der Waals surface area contributed by atoms with Crippen LogP contribution in [0.1, 0.15) is 11.3 Å². The maximum absolute atomic E-state index is 13.3. The van der Waals surface area contributed by atoms with E-state index in [2.05, 4.69) is 16.4 Å². The fraction of sp³-hybridized carbons (Fsp3) is 0.0588. The Morgan fingerprint density at radius 1 is 1.26 bits per heavy atom. The molecule has 0 saturated carbocycles. The van der Waals surface area contributed by atoms with Crippen LogP contribution in [0.25, 0.3) is 10.9 Å². The van der Waals surface area contributed by atoms with Gasteiger partial charge in [-0.05, 0) is 43.3 Å². The van der Waals surface area contributed by atoms with Gasteiger partial charge in [0.2, 0.25) is 0 Å². The molecule has 3 aromatic rings. The zero-order valence-corrected chi connectivity index (χ0v) is 12.9. The van der Waals surface area contributed by atoms with Crippen LogP contribution in [0.15, 0.2) is 36.4 Å². The summed E-state index contributed by atoms with van der Waals surface area (Å²) >= 11 is 5.82. The Bertz CT molecular complexity index is 963. The number of fused-ring (bicyclic) bond motifs is 1. The molecule has 1 heterocycles. The third kappa shape index (κ3) is 2.77. The van der Waals surface area contributed by atoms with Crippen molar-refractivity contribution in [2.24, 2.45) is 0 Å². The molecule has 3 rings (SSSR count). The number of nitrogens with one attached hydrogen (secondary N) is 1. The molecule has 23 heavy (non-hydrogen) atoms. The highest BCUT2D eigenvalue weighted by Crippen LogP contribution is 2.32. The van der Waals surface area contributed by atoms with Gasteiger partial charge < -0.3 is 11.1 Å². The van der Waals surface area contributed by atoms with Gasteiger partial charge >= 0.3 is 0 Å². The van der Waals surface area contributed by atoms with E-state index in [4.69, 9.17) is 17.3 Å². The number of benzene rings is 2. The first-order chi connectivity index (χ1) is 11.0. The Kier molecular flexibility index (Phi) is 3.77. The molecule has 0 fully saturated rings. The molecule has 6 heteroatoms. The van der Waals surface area contributed by atoms with E-state index in [0.717, 1.165) is 0 Å². The van der Waals surface area contributed by atoms with E-state index in [1.165, 1.54) is 12.1 Å². The molecule has 1 aromatic heterocycles. The lowest BCUT2D eigenvalue weighted by Gasteiger charge is -2.14. The number of hydrogen-bond acceptors (Lipinski definition) is 4. The first-order valence-corrected chi connectivity index (χ1v) is 7.19. The number of nitrogens with zero attached hydrogens (tertiary/aromatic N) is 2. The molecule has 114 valence electrons. The lowest BCUT2D eigenvalue weighted by atomic mass is 10.1. The normalized spacial score (nSPS) is 10.5. The molecule has 0 bridgehead atoms. The zero-order chi connectivity index (χ0) is 16.6. The van der Waals surface area contributed by atoms with Gasteiger partial charge in [0.15, 0.2) is 0 Å². The summed E-state index contributed by atoms with van der Waals surface area (Å²) in [5, 5.41) is 13.3. The molecular weight excluding hydrogens is 315 g/mol. The maximum atomic E-state index is 13.3. The third-order valence-electron chi connectivity index (χ3n) is 3.49. The average Bonchev–Trinajstić information content (AvgIpc) is 2.52. The second kappa shape index (κ2) is 5.75. The molecular formula is C17H12ClFN4. The van der Waals surface area contributed by atoms with Gasteiger partial charge in [-0.3, -0.25) is 4.98 Å². The van der Waals surface area contributed by atoms with Crippen molar-refractivity contribution >= 4 is 39.6 Å². The van der Waals surface area contributed by atoms with Gasteiger partial charge in [0.1, 0.15) is 11.9 Å². The molecule has 0 aliphatic carbocycles. The summed E-state index contributed by atoms with van der Waals surface area (Å²) in [6.07, 6.45) is 0. The first-order valence-electron chi connectivity index (χ1n) is 6.81. The van der Waals surface area contributed by atoms with Crippen LogP contribution in [-0.2, 0) is 0 Å². The number of aryl methyl sites for hydroxylation is 1. The standard InChI is InChI=1S/C17H12ClFN4/c1-9-13(8-20)17(12-6-10(21)2-5-16(12)22-9)23-11-3-4-15(19)14(18)7-11/h2-7H,21H2,1H3,(H,22,23). The second-order valence-corrected chi connectivity index (χ2v) is 5.50. The van der Waals surface area contributed by atoms with Gasteiger partial charge in [0, 0.05) is 16.8 Å². The van der Waals surface area contributed by atoms with Crippen molar-refractivity contribution in [2.45, 2.75) is 6.92 Å². The number of halogens is 2. The van der Waals surface area contributed by atoms with E-state index in [9.17, 15) is 9.65 Å². The number of aromatic nitrogens is 1. The summed E-state index contributed by atoms with van der Waals surface area (Å²) in [5.41, 5.74) is 9.28. The summed E-state index contributed by atoms with van der Waals surface area (Å²) in [4.78, 5) is 4.42. The average molecular weight is 327 g/mol. The molecule has 3 N–H and O–H groups in total. The number of nitrogen functional groups attached to an aromatic ring is 1. The third-order valence-corrected chi connectivity index (χ3v) is 3.78. The molecule has 0 aliphatic rings. The molecule has 0 aliphatic heterocycles. The van der Waals surface area contributed by atoms with Gasteiger partial charge in [-0.2, -0.15) is 5.26 Å². The predicted octanol–water partition coefficient (Wildman–Crippen LogP) is 4.53. The van der Waals surface area contributed by atoms with Gasteiger partial charge in [-0.1, -0.05) is 11.6 Å². The number of nitrogens with two attached hydrogens (primary N) is 1. The van der Waals surface area contributed by atoms with Crippen LogP contribution in [0.3, 0.4) is 0 Å². The van der Waals surface area contributed by atoms with Crippen molar-refractivity contribution in [1.82, 2.24) is 4.98 Å². The largest absolute Gasteiger partial charge is 0.399 e. The van der Waals surface area contributed by atoms with Crippen LogP contribution < -0.4 is 11.1 Å². The van der Waals surface area contributed by atoms with E-state index in [1.54, 1.807) is 31.2 Å². The Labute approximate surface area is 137 Å². The molecule has 0 spiro atoms. The van der Waals surface area contributed by atoms with Crippen LogP contribution in [0.2, 0.25) is 5.02 Å². The quantitative estimate of drug-likeness (QED) is 0.678. The second-order valence-electron chi connectivity index (χ2n) is 5.09. The molecule has 0 amide bonds. The number of pyridine rings is 1. The maximum Gasteiger partial charge on any atom is 0.141 e. The first kappa shape index (κ1) is 15.1. The lowest BCUT2D eigenvalue weighted by Crippen LogP contribution is -2.01. The smallest absolute Gasteiger partial charge is 0.141 e. The highest BCUT2D eigenvalue weighted by atomic mass is 35.5. The molecule has 0 saturated heterocycles. The van der Waals surface area contributed by atoms with E-state index in [-0.39, 0.29) is 5.02 Å². The summed E-state index contributed by atoms with van der Waals surface area (Å²) in [6, 6.07) is 11.7. The predicted molar refractivity (Wildman–Crippen MR) is 90.3 cm³/mol. The topological polar surface area (TPSA) is 74.7 Å². The Morgan fingerprint density at radius 3 is 2.74 bits per heavy atom. The number of anilines is 3. The van der Waals surface area contributed by atoms with Crippen LogP contribution in [-0.4, -0.2) is 4.98 Å². The van der Waals surface area contributed by atoms with Crippen molar-refractivity contribution < 1.29 is 4.39 Å². The van der Waals surface area contributed by atoms with Crippen molar-refractivity contribution in [3.05, 3.63) is 58.5 Å². The van der Waals surface area contributed by atoms with Crippen molar-refractivity contribution in [2.75, 3.05) is 11.1 Å². The molecule has 2 aromatic carbocycles. The number of rotatable bonds is 2. The van der Waals surface area contributed by atoms with Gasteiger partial charge in [0.05, 0.1) is 27.5 Å². The number of hydrogen-bond donors (Lipinski definition) is 2. The van der Waals surface area contributed by atoms with Crippen molar-refractivity contribution in [3.8, 4) is 6.07 Å². The summed E-state index contributed by atoms with van der Waals surface area (Å²) in [7, 11) is 0.